The summed E-state index contributed by atoms with van der Waals surface area (Å²) >= 11 is 7.59. The van der Waals surface area contributed by atoms with Crippen molar-refractivity contribution in [1.82, 2.24) is 0 Å². The minimum atomic E-state index is -1.03. The first-order valence-corrected chi connectivity index (χ1v) is 9.35. The van der Waals surface area contributed by atoms with E-state index in [1.54, 1.807) is 24.3 Å². The Morgan fingerprint density at radius 2 is 1.96 bits per heavy atom. The zero-order valence-corrected chi connectivity index (χ0v) is 17.5. The molecular weight excluding hydrogens is 592 g/mol. The number of carboxylic acid groups (broad SMARTS) is 1. The fourth-order valence-electron chi connectivity index (χ4n) is 1.84. The van der Waals surface area contributed by atoms with E-state index in [1.807, 2.05) is 28.7 Å². The van der Waals surface area contributed by atoms with E-state index >= 15 is 0 Å². The molecule has 0 fully saturated rings. The zero-order chi connectivity index (χ0) is 17.1. The maximum atomic E-state index is 10.9. The van der Waals surface area contributed by atoms with Gasteiger partial charge >= 0.3 is 5.97 Å². The number of aliphatic carboxylic acids is 1. The second-order valence-electron chi connectivity index (χ2n) is 4.75. The van der Waals surface area contributed by atoms with Crippen LogP contribution in [0.1, 0.15) is 5.56 Å². The maximum absolute atomic E-state index is 10.9. The molecule has 4 N–H and O–H groups in total. The molecule has 0 aromatic heterocycles. The Hall–Kier alpha value is -0.590. The van der Waals surface area contributed by atoms with Crippen LogP contribution in [-0.2, 0) is 11.2 Å². The predicted molar refractivity (Wildman–Crippen MR) is 107 cm³/mol. The van der Waals surface area contributed by atoms with Crippen molar-refractivity contribution in [3.8, 4) is 17.2 Å². The van der Waals surface area contributed by atoms with Gasteiger partial charge in [0.2, 0.25) is 0 Å². The third-order valence-electron chi connectivity index (χ3n) is 2.97. The average Bonchev–Trinajstić information content (AvgIpc) is 2.46. The number of nitrogens with two attached hydrogens (primary N) is 1. The smallest absolute Gasteiger partial charge is 0.320 e. The molecule has 2 aromatic carbocycles. The van der Waals surface area contributed by atoms with E-state index in [-0.39, 0.29) is 12.2 Å². The zero-order valence-electron chi connectivity index (χ0n) is 11.6. The van der Waals surface area contributed by atoms with Crippen LogP contribution in [0, 0.1) is 7.14 Å². The van der Waals surface area contributed by atoms with Crippen molar-refractivity contribution in [2.75, 3.05) is 0 Å². The summed E-state index contributed by atoms with van der Waals surface area (Å²) < 4.78 is 8.09. The molecule has 2 rings (SSSR count). The van der Waals surface area contributed by atoms with Crippen LogP contribution in [0.15, 0.2) is 34.8 Å². The molecule has 0 saturated carbocycles. The fraction of sp³-hybridized carbons (Fsp3) is 0.133. The van der Waals surface area contributed by atoms with E-state index in [1.165, 1.54) is 0 Å². The van der Waals surface area contributed by atoms with Crippen molar-refractivity contribution in [2.45, 2.75) is 12.5 Å². The minimum absolute atomic E-state index is 0.199. The molecule has 2 aromatic rings. The number of phenolic OH excluding ortho intramolecular Hbond substituents is 1. The largest absolute Gasteiger partial charge is 0.507 e. The summed E-state index contributed by atoms with van der Waals surface area (Å²) in [6.45, 7) is 0. The molecule has 0 amide bonds. The maximum Gasteiger partial charge on any atom is 0.320 e. The molecule has 0 radical (unpaired) electrons. The molecule has 0 aliphatic carbocycles. The van der Waals surface area contributed by atoms with E-state index in [0.29, 0.717) is 19.5 Å². The summed E-state index contributed by atoms with van der Waals surface area (Å²) in [6, 6.07) is 7.67. The Balaban J connectivity index is 2.26. The lowest BCUT2D eigenvalue weighted by molar-refractivity contribution is -0.138. The van der Waals surface area contributed by atoms with E-state index < -0.39 is 12.0 Å². The van der Waals surface area contributed by atoms with Crippen molar-refractivity contribution in [3.63, 3.8) is 0 Å². The summed E-state index contributed by atoms with van der Waals surface area (Å²) in [5.74, 6) is 0.389. The topological polar surface area (TPSA) is 92.8 Å². The molecule has 0 heterocycles. The standard InChI is InChI=1S/C15H12BrI2NO4/c16-9-3-7(5-12(19)15(21)22)4-11(18)14(9)23-8-1-2-13(20)10(17)6-8/h1-4,6,12,20H,5,19H2,(H,21,22). The number of carboxylic acids is 1. The highest BCUT2D eigenvalue weighted by atomic mass is 127. The number of hydrogen-bond donors (Lipinski definition) is 3. The lowest BCUT2D eigenvalue weighted by Gasteiger charge is -2.13. The Kier molecular flexibility index (Phi) is 6.51. The first-order valence-electron chi connectivity index (χ1n) is 6.40. The van der Waals surface area contributed by atoms with Gasteiger partial charge in [0.05, 0.1) is 11.6 Å². The van der Waals surface area contributed by atoms with Crippen LogP contribution < -0.4 is 10.5 Å². The molecule has 1 atom stereocenters. The highest BCUT2D eigenvalue weighted by molar-refractivity contribution is 14.1. The van der Waals surface area contributed by atoms with Crippen LogP contribution >= 0.6 is 61.1 Å². The van der Waals surface area contributed by atoms with Gasteiger partial charge in [-0.1, -0.05) is 0 Å². The van der Waals surface area contributed by atoms with Crippen molar-refractivity contribution in [1.29, 1.82) is 0 Å². The van der Waals surface area contributed by atoms with Crippen LogP contribution in [0.5, 0.6) is 17.2 Å². The molecular formula is C15H12BrI2NO4. The molecule has 122 valence electrons. The monoisotopic (exact) mass is 603 g/mol. The molecule has 0 aliphatic rings. The summed E-state index contributed by atoms with van der Waals surface area (Å²) in [7, 11) is 0. The highest BCUT2D eigenvalue weighted by Gasteiger charge is 2.16. The van der Waals surface area contributed by atoms with Gasteiger partial charge in [0.15, 0.2) is 5.75 Å². The number of ether oxygens (including phenoxy) is 1. The molecule has 0 aliphatic heterocycles. The highest BCUT2D eigenvalue weighted by Crippen LogP contribution is 2.37. The van der Waals surface area contributed by atoms with Gasteiger partial charge in [-0.2, -0.15) is 0 Å². The molecule has 5 nitrogen and oxygen atoms in total. The van der Waals surface area contributed by atoms with Gasteiger partial charge in [0.1, 0.15) is 17.5 Å². The Bertz CT molecular complexity index is 731. The number of aromatic hydroxyl groups is 1. The Morgan fingerprint density at radius 3 is 2.52 bits per heavy atom. The summed E-state index contributed by atoms with van der Waals surface area (Å²) in [5.41, 5.74) is 6.38. The van der Waals surface area contributed by atoms with Crippen molar-refractivity contribution in [2.24, 2.45) is 5.73 Å². The van der Waals surface area contributed by atoms with Gasteiger partial charge in [0, 0.05) is 0 Å². The van der Waals surface area contributed by atoms with Crippen molar-refractivity contribution in [3.05, 3.63) is 47.5 Å². The third-order valence-corrected chi connectivity index (χ3v) is 5.22. The van der Waals surface area contributed by atoms with E-state index in [9.17, 15) is 9.90 Å². The minimum Gasteiger partial charge on any atom is -0.507 e. The fourth-order valence-corrected chi connectivity index (χ4v) is 4.08. The number of halogens is 3. The summed E-state index contributed by atoms with van der Waals surface area (Å²) in [5, 5.41) is 18.4. The molecule has 0 spiro atoms. The van der Waals surface area contributed by atoms with Crippen LogP contribution in [0.2, 0.25) is 0 Å². The number of benzene rings is 2. The van der Waals surface area contributed by atoms with Crippen molar-refractivity contribution >= 4 is 67.1 Å². The van der Waals surface area contributed by atoms with Gasteiger partial charge in [-0.3, -0.25) is 4.79 Å². The number of rotatable bonds is 5. The van der Waals surface area contributed by atoms with E-state index in [4.69, 9.17) is 15.6 Å². The van der Waals surface area contributed by atoms with Crippen molar-refractivity contribution < 1.29 is 19.7 Å². The van der Waals surface area contributed by atoms with Crippen LogP contribution in [0.25, 0.3) is 0 Å². The summed E-state index contributed by atoms with van der Waals surface area (Å²) in [4.78, 5) is 10.9. The number of phenols is 1. The van der Waals surface area contributed by atoms with Gasteiger partial charge < -0.3 is 20.7 Å². The Morgan fingerprint density at radius 1 is 1.26 bits per heavy atom. The average molecular weight is 604 g/mol. The first kappa shape index (κ1) is 18.7. The van der Waals surface area contributed by atoms with Gasteiger partial charge in [0.25, 0.3) is 0 Å². The SMILES string of the molecule is NC(Cc1cc(Br)c(Oc2ccc(O)c(I)c2)c(I)c1)C(=O)O. The van der Waals surface area contributed by atoms with Gasteiger partial charge in [-0.15, -0.1) is 0 Å². The van der Waals surface area contributed by atoms with Crippen LogP contribution in [0.3, 0.4) is 0 Å². The number of carbonyl (C=O) groups is 1. The molecule has 23 heavy (non-hydrogen) atoms. The van der Waals surface area contributed by atoms with Crippen LogP contribution in [0.4, 0.5) is 0 Å². The predicted octanol–water partition coefficient (Wildman–Crippen LogP) is 4.11. The third kappa shape index (κ3) is 4.94. The van der Waals surface area contributed by atoms with Crippen LogP contribution in [-0.4, -0.2) is 22.2 Å². The summed E-state index contributed by atoms with van der Waals surface area (Å²) in [6.07, 6.45) is 0.237. The molecule has 0 saturated heterocycles. The first-order chi connectivity index (χ1) is 10.8. The molecule has 0 bridgehead atoms. The quantitative estimate of drug-likeness (QED) is 0.448. The van der Waals surface area contributed by atoms with E-state index in [2.05, 4.69) is 38.5 Å². The van der Waals surface area contributed by atoms with Gasteiger partial charge in [-0.05, 0) is 103 Å². The molecule has 8 heteroatoms. The normalized spacial score (nSPS) is 12.0. The Labute approximate surface area is 168 Å². The lowest BCUT2D eigenvalue weighted by Crippen LogP contribution is -2.32. The molecule has 1 unspecified atom stereocenters. The lowest BCUT2D eigenvalue weighted by atomic mass is 10.1. The number of hydrogen-bond acceptors (Lipinski definition) is 4. The van der Waals surface area contributed by atoms with Gasteiger partial charge in [-0.25, -0.2) is 0 Å². The van der Waals surface area contributed by atoms with E-state index in [0.717, 1.165) is 9.13 Å². The second kappa shape index (κ2) is 7.99. The second-order valence-corrected chi connectivity index (χ2v) is 7.93.